The number of nitrogens with one attached hydrogen (secondary N) is 3. The lowest BCUT2D eigenvalue weighted by molar-refractivity contribution is 0.580. The van der Waals surface area contributed by atoms with Crippen molar-refractivity contribution in [2.75, 3.05) is 5.73 Å². The second-order valence-corrected chi connectivity index (χ2v) is 5.60. The molecule has 0 unspecified atom stereocenters. The average molecular weight is 270 g/mol. The molecule has 2 aromatic heterocycles. The molecule has 2 rings (SSSR count). The largest absolute Gasteiger partial charge is 0.384 e. The van der Waals surface area contributed by atoms with E-state index in [9.17, 15) is 8.42 Å². The maximum absolute atomic E-state index is 12.1. The van der Waals surface area contributed by atoms with Gasteiger partial charge < -0.3 is 5.73 Å². The van der Waals surface area contributed by atoms with Crippen molar-refractivity contribution in [2.45, 2.75) is 25.3 Å². The van der Waals surface area contributed by atoms with Gasteiger partial charge in [0.05, 0.1) is 17.6 Å². The van der Waals surface area contributed by atoms with Gasteiger partial charge in [-0.3, -0.25) is 10.2 Å². The Morgan fingerprint density at radius 2 is 2.11 bits per heavy atom. The molecule has 0 radical (unpaired) electrons. The van der Waals surface area contributed by atoms with E-state index in [1.54, 1.807) is 13.8 Å². The smallest absolute Gasteiger partial charge is 0.244 e. The SMILES string of the molecule is Cc1n[nH]c(C)c1S(=O)(=O)NCc1cn[nH]c1N. The van der Waals surface area contributed by atoms with Crippen LogP contribution in [0.1, 0.15) is 17.0 Å². The van der Waals surface area contributed by atoms with Gasteiger partial charge >= 0.3 is 0 Å². The zero-order chi connectivity index (χ0) is 13.3. The number of aromatic amines is 2. The molecule has 0 saturated heterocycles. The zero-order valence-electron chi connectivity index (χ0n) is 9.98. The van der Waals surface area contributed by atoms with Crippen molar-refractivity contribution < 1.29 is 8.42 Å². The first-order valence-electron chi connectivity index (χ1n) is 5.21. The second-order valence-electron chi connectivity index (χ2n) is 3.90. The summed E-state index contributed by atoms with van der Waals surface area (Å²) in [6.07, 6.45) is 1.48. The summed E-state index contributed by atoms with van der Waals surface area (Å²) in [7, 11) is -3.61. The molecule has 5 N–H and O–H groups in total. The summed E-state index contributed by atoms with van der Waals surface area (Å²) in [6.45, 7) is 3.36. The molecule has 2 heterocycles. The van der Waals surface area contributed by atoms with Crippen LogP contribution in [0.25, 0.3) is 0 Å². The van der Waals surface area contributed by atoms with Crippen LogP contribution < -0.4 is 10.5 Å². The minimum absolute atomic E-state index is 0.0781. The van der Waals surface area contributed by atoms with Gasteiger partial charge in [-0.25, -0.2) is 13.1 Å². The Labute approximate surface area is 104 Å². The van der Waals surface area contributed by atoms with E-state index in [4.69, 9.17) is 5.73 Å². The van der Waals surface area contributed by atoms with E-state index in [1.807, 2.05) is 0 Å². The molecule has 98 valence electrons. The number of nitrogens with two attached hydrogens (primary N) is 1. The minimum atomic E-state index is -3.61. The number of aryl methyl sites for hydroxylation is 2. The van der Waals surface area contributed by atoms with Crippen LogP contribution in [-0.2, 0) is 16.6 Å². The fourth-order valence-electron chi connectivity index (χ4n) is 1.64. The third kappa shape index (κ3) is 2.22. The van der Waals surface area contributed by atoms with E-state index in [0.717, 1.165) is 0 Å². The number of anilines is 1. The molecule has 0 spiro atoms. The van der Waals surface area contributed by atoms with Crippen molar-refractivity contribution in [1.82, 2.24) is 25.1 Å². The van der Waals surface area contributed by atoms with Crippen LogP contribution in [0.5, 0.6) is 0 Å². The van der Waals surface area contributed by atoms with E-state index in [1.165, 1.54) is 6.20 Å². The Morgan fingerprint density at radius 1 is 1.39 bits per heavy atom. The molecule has 0 fully saturated rings. The molecule has 0 atom stereocenters. The summed E-state index contributed by atoms with van der Waals surface area (Å²) in [5, 5.41) is 12.7. The van der Waals surface area contributed by atoms with Crippen LogP contribution in [0.4, 0.5) is 5.82 Å². The molecule has 0 saturated carbocycles. The molecule has 0 aliphatic heterocycles. The lowest BCUT2D eigenvalue weighted by atomic mass is 10.3. The van der Waals surface area contributed by atoms with Crippen LogP contribution >= 0.6 is 0 Å². The van der Waals surface area contributed by atoms with Crippen LogP contribution in [-0.4, -0.2) is 28.8 Å². The number of nitrogen functional groups attached to an aromatic ring is 1. The van der Waals surface area contributed by atoms with Crippen LogP contribution in [0.3, 0.4) is 0 Å². The molecule has 0 bridgehead atoms. The van der Waals surface area contributed by atoms with E-state index in [-0.39, 0.29) is 11.4 Å². The topological polar surface area (TPSA) is 130 Å². The Bertz CT molecular complexity index is 637. The van der Waals surface area contributed by atoms with Gasteiger partial charge in [0.15, 0.2) is 0 Å². The quantitative estimate of drug-likeness (QED) is 0.612. The Hall–Kier alpha value is -1.87. The molecule has 8 nitrogen and oxygen atoms in total. The number of nitrogens with zero attached hydrogens (tertiary/aromatic N) is 2. The lowest BCUT2D eigenvalue weighted by Crippen LogP contribution is -2.24. The first-order chi connectivity index (χ1) is 8.42. The zero-order valence-corrected chi connectivity index (χ0v) is 10.8. The summed E-state index contributed by atoms with van der Waals surface area (Å²) in [4.78, 5) is 0.171. The highest BCUT2D eigenvalue weighted by Gasteiger charge is 2.22. The summed E-state index contributed by atoms with van der Waals surface area (Å²) >= 11 is 0. The van der Waals surface area contributed by atoms with Gasteiger partial charge in [0, 0.05) is 12.1 Å². The number of sulfonamides is 1. The van der Waals surface area contributed by atoms with Crippen molar-refractivity contribution in [1.29, 1.82) is 0 Å². The maximum atomic E-state index is 12.1. The van der Waals surface area contributed by atoms with Gasteiger partial charge in [-0.15, -0.1) is 0 Å². The molecule has 0 aliphatic carbocycles. The lowest BCUT2D eigenvalue weighted by Gasteiger charge is -2.06. The molecule has 9 heteroatoms. The number of aromatic nitrogens is 4. The van der Waals surface area contributed by atoms with Crippen LogP contribution in [0, 0.1) is 13.8 Å². The van der Waals surface area contributed by atoms with Crippen molar-refractivity contribution >= 4 is 15.8 Å². The Balaban J connectivity index is 2.21. The van der Waals surface area contributed by atoms with E-state index in [2.05, 4.69) is 25.1 Å². The van der Waals surface area contributed by atoms with Gasteiger partial charge in [-0.1, -0.05) is 0 Å². The van der Waals surface area contributed by atoms with Crippen molar-refractivity contribution in [3.63, 3.8) is 0 Å². The van der Waals surface area contributed by atoms with Crippen molar-refractivity contribution in [3.8, 4) is 0 Å². The predicted octanol–water partition coefficient (Wildman–Crippen LogP) is -0.190. The minimum Gasteiger partial charge on any atom is -0.384 e. The van der Waals surface area contributed by atoms with E-state index >= 15 is 0 Å². The predicted molar refractivity (Wildman–Crippen MR) is 65.1 cm³/mol. The monoisotopic (exact) mass is 270 g/mol. The normalized spacial score (nSPS) is 11.9. The first kappa shape index (κ1) is 12.6. The molecular weight excluding hydrogens is 256 g/mol. The number of hydrogen-bond acceptors (Lipinski definition) is 5. The second kappa shape index (κ2) is 4.42. The summed E-state index contributed by atoms with van der Waals surface area (Å²) in [5.41, 5.74) is 7.10. The molecule has 2 aromatic rings. The third-order valence-electron chi connectivity index (χ3n) is 2.53. The van der Waals surface area contributed by atoms with Gasteiger partial charge in [-0.2, -0.15) is 10.2 Å². The van der Waals surface area contributed by atoms with Crippen molar-refractivity contribution in [3.05, 3.63) is 23.1 Å². The third-order valence-corrected chi connectivity index (χ3v) is 4.20. The van der Waals surface area contributed by atoms with Gasteiger partial charge in [0.2, 0.25) is 10.0 Å². The fourth-order valence-corrected chi connectivity index (χ4v) is 3.02. The summed E-state index contributed by atoms with van der Waals surface area (Å²) in [5.74, 6) is 0.346. The van der Waals surface area contributed by atoms with Gasteiger partial charge in [-0.05, 0) is 13.8 Å². The number of H-pyrrole nitrogens is 2. The first-order valence-corrected chi connectivity index (χ1v) is 6.69. The van der Waals surface area contributed by atoms with Crippen LogP contribution in [0.15, 0.2) is 11.1 Å². The fraction of sp³-hybridized carbons (Fsp3) is 0.333. The van der Waals surface area contributed by atoms with E-state index in [0.29, 0.717) is 22.8 Å². The highest BCUT2D eigenvalue weighted by Crippen LogP contribution is 2.17. The Kier molecular flexibility index (Phi) is 3.09. The number of hydrogen-bond donors (Lipinski definition) is 4. The van der Waals surface area contributed by atoms with E-state index < -0.39 is 10.0 Å². The van der Waals surface area contributed by atoms with Crippen LogP contribution in [0.2, 0.25) is 0 Å². The highest BCUT2D eigenvalue weighted by atomic mass is 32.2. The molecule has 0 amide bonds. The van der Waals surface area contributed by atoms with Gasteiger partial charge in [0.1, 0.15) is 10.7 Å². The average Bonchev–Trinajstić information content (AvgIpc) is 2.83. The summed E-state index contributed by atoms with van der Waals surface area (Å²) < 4.78 is 26.7. The standard InChI is InChI=1S/C9H14N6O2S/c1-5-8(6(2)14-13-5)18(16,17)12-4-7-3-11-15-9(7)10/h3,12H,4H2,1-2H3,(H,13,14)(H3,10,11,15). The molecule has 0 aromatic carbocycles. The molecular formula is C9H14N6O2S. The maximum Gasteiger partial charge on any atom is 0.244 e. The highest BCUT2D eigenvalue weighted by molar-refractivity contribution is 7.89. The van der Waals surface area contributed by atoms with Crippen molar-refractivity contribution in [2.24, 2.45) is 0 Å². The molecule has 18 heavy (non-hydrogen) atoms. The summed E-state index contributed by atoms with van der Waals surface area (Å²) in [6, 6.07) is 0. The Morgan fingerprint density at radius 3 is 2.61 bits per heavy atom. The van der Waals surface area contributed by atoms with Gasteiger partial charge in [0.25, 0.3) is 0 Å². The molecule has 0 aliphatic rings. The number of rotatable bonds is 4.